The molecule has 1 aromatic carbocycles. The Bertz CT molecular complexity index is 640. The third-order valence-corrected chi connectivity index (χ3v) is 4.03. The molecule has 2 rings (SSSR count). The number of thiazole rings is 1. The maximum atomic E-state index is 5.69. The molecular formula is C17H24N4O2S. The number of guanidine groups is 1. The van der Waals surface area contributed by atoms with Crippen LogP contribution >= 0.6 is 11.3 Å². The zero-order valence-corrected chi connectivity index (χ0v) is 15.2. The standard InChI is InChI=1S/C17H24N4O2S/c1-4-18-17(21-12-16-11-20-13(2)24-16)19-9-10-23-15-7-5-14(22-3)6-8-15/h5-8,11H,4,9-10,12H2,1-3H3,(H2,18,19,21). The molecule has 6 nitrogen and oxygen atoms in total. The van der Waals surface area contributed by atoms with Gasteiger partial charge in [-0.3, -0.25) is 0 Å². The van der Waals surface area contributed by atoms with E-state index in [1.54, 1.807) is 18.4 Å². The Morgan fingerprint density at radius 3 is 2.58 bits per heavy atom. The van der Waals surface area contributed by atoms with Gasteiger partial charge in [0.1, 0.15) is 18.1 Å². The molecule has 1 heterocycles. The van der Waals surface area contributed by atoms with Crippen LogP contribution in [0.1, 0.15) is 16.8 Å². The summed E-state index contributed by atoms with van der Waals surface area (Å²) in [6.07, 6.45) is 1.87. The molecule has 2 aromatic rings. The fraction of sp³-hybridized carbons (Fsp3) is 0.412. The van der Waals surface area contributed by atoms with Crippen molar-refractivity contribution in [3.8, 4) is 11.5 Å². The molecule has 24 heavy (non-hydrogen) atoms. The Hall–Kier alpha value is -2.28. The predicted octanol–water partition coefficient (Wildman–Crippen LogP) is 2.59. The molecule has 0 aliphatic carbocycles. The summed E-state index contributed by atoms with van der Waals surface area (Å²) in [6, 6.07) is 7.55. The lowest BCUT2D eigenvalue weighted by Crippen LogP contribution is -2.39. The predicted molar refractivity (Wildman–Crippen MR) is 98.2 cm³/mol. The van der Waals surface area contributed by atoms with E-state index in [4.69, 9.17) is 9.47 Å². The minimum absolute atomic E-state index is 0.552. The molecule has 0 spiro atoms. The molecule has 2 N–H and O–H groups in total. The van der Waals surface area contributed by atoms with Gasteiger partial charge >= 0.3 is 0 Å². The molecule has 1 aromatic heterocycles. The number of hydrogen-bond donors (Lipinski definition) is 2. The second-order valence-corrected chi connectivity index (χ2v) is 6.31. The summed E-state index contributed by atoms with van der Waals surface area (Å²) in [5, 5.41) is 7.55. The van der Waals surface area contributed by atoms with E-state index in [1.165, 1.54) is 0 Å². The van der Waals surface area contributed by atoms with Gasteiger partial charge in [-0.1, -0.05) is 0 Å². The molecule has 0 saturated heterocycles. The van der Waals surface area contributed by atoms with Crippen LogP contribution in [0.15, 0.2) is 35.5 Å². The van der Waals surface area contributed by atoms with Crippen molar-refractivity contribution in [1.29, 1.82) is 0 Å². The van der Waals surface area contributed by atoms with Gasteiger partial charge in [0.2, 0.25) is 0 Å². The molecule has 0 unspecified atom stereocenters. The van der Waals surface area contributed by atoms with Gasteiger partial charge < -0.3 is 20.1 Å². The molecule has 0 bridgehead atoms. The van der Waals surface area contributed by atoms with Gasteiger partial charge in [-0.2, -0.15) is 0 Å². The van der Waals surface area contributed by atoms with Gasteiger partial charge in [-0.25, -0.2) is 9.98 Å². The lowest BCUT2D eigenvalue weighted by Gasteiger charge is -2.12. The van der Waals surface area contributed by atoms with Crippen LogP contribution in [0.5, 0.6) is 11.5 Å². The van der Waals surface area contributed by atoms with Crippen LogP contribution in [0.25, 0.3) is 0 Å². The van der Waals surface area contributed by atoms with Gasteiger partial charge in [-0.15, -0.1) is 11.3 Å². The van der Waals surface area contributed by atoms with E-state index in [9.17, 15) is 0 Å². The van der Waals surface area contributed by atoms with Gasteiger partial charge in [0.05, 0.1) is 25.2 Å². The van der Waals surface area contributed by atoms with E-state index < -0.39 is 0 Å². The highest BCUT2D eigenvalue weighted by molar-refractivity contribution is 7.11. The first-order chi connectivity index (χ1) is 11.7. The molecule has 7 heteroatoms. The molecule has 0 atom stereocenters. The maximum Gasteiger partial charge on any atom is 0.191 e. The number of nitrogens with zero attached hydrogens (tertiary/aromatic N) is 2. The van der Waals surface area contributed by atoms with Gasteiger partial charge in [-0.05, 0) is 38.1 Å². The summed E-state index contributed by atoms with van der Waals surface area (Å²) in [7, 11) is 1.65. The van der Waals surface area contributed by atoms with E-state index in [2.05, 4.69) is 20.6 Å². The van der Waals surface area contributed by atoms with Crippen LogP contribution in [-0.2, 0) is 6.54 Å². The number of aliphatic imine (C=N–C) groups is 1. The fourth-order valence-corrected chi connectivity index (χ4v) is 2.71. The van der Waals surface area contributed by atoms with E-state index in [0.717, 1.165) is 33.9 Å². The van der Waals surface area contributed by atoms with E-state index in [0.29, 0.717) is 19.7 Å². The first kappa shape index (κ1) is 18.1. The number of hydrogen-bond acceptors (Lipinski definition) is 5. The lowest BCUT2D eigenvalue weighted by atomic mass is 10.3. The van der Waals surface area contributed by atoms with Crippen LogP contribution in [0, 0.1) is 6.92 Å². The van der Waals surface area contributed by atoms with Gasteiger partial charge in [0, 0.05) is 17.6 Å². The molecular weight excluding hydrogens is 324 g/mol. The van der Waals surface area contributed by atoms with Crippen molar-refractivity contribution in [2.75, 3.05) is 26.8 Å². The van der Waals surface area contributed by atoms with Crippen LogP contribution in [-0.4, -0.2) is 37.7 Å². The monoisotopic (exact) mass is 348 g/mol. The fourth-order valence-electron chi connectivity index (χ4n) is 1.99. The molecule has 0 fully saturated rings. The van der Waals surface area contributed by atoms with Gasteiger partial charge in [0.15, 0.2) is 5.96 Å². The smallest absolute Gasteiger partial charge is 0.191 e. The van der Waals surface area contributed by atoms with E-state index >= 15 is 0 Å². The van der Waals surface area contributed by atoms with Crippen LogP contribution < -0.4 is 20.1 Å². The highest BCUT2D eigenvalue weighted by atomic mass is 32.1. The Labute approximate surface area is 146 Å². The third-order valence-electron chi connectivity index (χ3n) is 3.13. The molecule has 130 valence electrons. The zero-order chi connectivity index (χ0) is 17.2. The first-order valence-electron chi connectivity index (χ1n) is 7.91. The second-order valence-electron chi connectivity index (χ2n) is 4.99. The van der Waals surface area contributed by atoms with Crippen molar-refractivity contribution in [2.45, 2.75) is 20.4 Å². The third kappa shape index (κ3) is 6.08. The van der Waals surface area contributed by atoms with Crippen molar-refractivity contribution in [1.82, 2.24) is 15.6 Å². The van der Waals surface area contributed by atoms with Crippen LogP contribution in [0.4, 0.5) is 0 Å². The Morgan fingerprint density at radius 2 is 1.96 bits per heavy atom. The summed E-state index contributed by atoms with van der Waals surface area (Å²) < 4.78 is 10.8. The Balaban J connectivity index is 1.75. The zero-order valence-electron chi connectivity index (χ0n) is 14.3. The maximum absolute atomic E-state index is 5.69. The first-order valence-corrected chi connectivity index (χ1v) is 8.73. The number of aryl methyl sites for hydroxylation is 1. The topological polar surface area (TPSA) is 67.8 Å². The molecule has 0 radical (unpaired) electrons. The summed E-state index contributed by atoms with van der Waals surface area (Å²) >= 11 is 1.67. The Morgan fingerprint density at radius 1 is 1.21 bits per heavy atom. The van der Waals surface area contributed by atoms with Crippen molar-refractivity contribution in [2.24, 2.45) is 4.99 Å². The van der Waals surface area contributed by atoms with Crippen LogP contribution in [0.3, 0.4) is 0 Å². The SMILES string of the molecule is CCNC(=NCc1cnc(C)s1)NCCOc1ccc(OC)cc1. The number of benzene rings is 1. The van der Waals surface area contributed by atoms with E-state index in [1.807, 2.05) is 44.3 Å². The van der Waals surface area contributed by atoms with Crippen molar-refractivity contribution in [3.63, 3.8) is 0 Å². The molecule has 0 saturated carbocycles. The highest BCUT2D eigenvalue weighted by Gasteiger charge is 2.00. The molecule has 0 aliphatic heterocycles. The minimum Gasteiger partial charge on any atom is -0.497 e. The summed E-state index contributed by atoms with van der Waals surface area (Å²) in [4.78, 5) is 9.95. The average Bonchev–Trinajstić information content (AvgIpc) is 3.02. The van der Waals surface area contributed by atoms with Crippen LogP contribution in [0.2, 0.25) is 0 Å². The molecule has 0 aliphatic rings. The summed E-state index contributed by atoms with van der Waals surface area (Å²) in [5.41, 5.74) is 0. The number of rotatable bonds is 8. The normalized spacial score (nSPS) is 11.2. The number of aromatic nitrogens is 1. The van der Waals surface area contributed by atoms with Gasteiger partial charge in [0.25, 0.3) is 0 Å². The summed E-state index contributed by atoms with van der Waals surface area (Å²) in [5.74, 6) is 2.42. The largest absolute Gasteiger partial charge is 0.497 e. The van der Waals surface area contributed by atoms with Crippen molar-refractivity contribution in [3.05, 3.63) is 40.3 Å². The number of ether oxygens (including phenoxy) is 2. The number of nitrogens with one attached hydrogen (secondary N) is 2. The van der Waals surface area contributed by atoms with Crippen molar-refractivity contribution < 1.29 is 9.47 Å². The highest BCUT2D eigenvalue weighted by Crippen LogP contribution is 2.16. The minimum atomic E-state index is 0.552. The number of methoxy groups -OCH3 is 1. The molecule has 0 amide bonds. The Kier molecular flexibility index (Phi) is 7.35. The summed E-state index contributed by atoms with van der Waals surface area (Å²) in [6.45, 7) is 6.70. The lowest BCUT2D eigenvalue weighted by molar-refractivity contribution is 0.321. The average molecular weight is 348 g/mol. The second kappa shape index (κ2) is 9.77. The quantitative estimate of drug-likeness (QED) is 0.436. The van der Waals surface area contributed by atoms with E-state index in [-0.39, 0.29) is 0 Å². The van der Waals surface area contributed by atoms with Crippen molar-refractivity contribution >= 4 is 17.3 Å².